The summed E-state index contributed by atoms with van der Waals surface area (Å²) in [5.41, 5.74) is 0.0249. The van der Waals surface area contributed by atoms with Gasteiger partial charge in [0.25, 0.3) is 14.7 Å². The Bertz CT molecular complexity index is 678. The molecule has 2 rings (SSSR count). The standard InChI is InChI=1S/C7H4ClN3O4S/c8-16(14,15)7-3-9-6-2-1-5(11(12)13)4-10(6)7/h1-4H. The van der Waals surface area contributed by atoms with Gasteiger partial charge in [-0.25, -0.2) is 13.4 Å². The minimum atomic E-state index is -3.98. The first-order chi connectivity index (χ1) is 7.39. The number of aromatic nitrogens is 2. The van der Waals surface area contributed by atoms with Gasteiger partial charge < -0.3 is 0 Å². The fourth-order valence-electron chi connectivity index (χ4n) is 1.24. The summed E-state index contributed by atoms with van der Waals surface area (Å²) in [6.07, 6.45) is 2.10. The lowest BCUT2D eigenvalue weighted by Gasteiger charge is -1.97. The number of rotatable bonds is 2. The van der Waals surface area contributed by atoms with Crippen LogP contribution in [-0.4, -0.2) is 22.7 Å². The van der Waals surface area contributed by atoms with E-state index in [-0.39, 0.29) is 16.4 Å². The topological polar surface area (TPSA) is 94.6 Å². The van der Waals surface area contributed by atoms with Crippen molar-refractivity contribution in [3.05, 3.63) is 34.6 Å². The van der Waals surface area contributed by atoms with Crippen LogP contribution in [0.25, 0.3) is 5.65 Å². The molecule has 16 heavy (non-hydrogen) atoms. The van der Waals surface area contributed by atoms with Gasteiger partial charge in [0, 0.05) is 16.7 Å². The zero-order valence-corrected chi connectivity index (χ0v) is 9.14. The molecule has 0 bridgehead atoms. The molecule has 0 amide bonds. The molecule has 2 aromatic heterocycles. The van der Waals surface area contributed by atoms with Gasteiger partial charge in [0.15, 0.2) is 5.03 Å². The van der Waals surface area contributed by atoms with Crippen LogP contribution in [0.15, 0.2) is 29.6 Å². The van der Waals surface area contributed by atoms with Gasteiger partial charge in [-0.15, -0.1) is 0 Å². The third-order valence-corrected chi connectivity index (χ3v) is 3.19. The maximum Gasteiger partial charge on any atom is 0.286 e. The van der Waals surface area contributed by atoms with Crippen LogP contribution in [0.2, 0.25) is 0 Å². The highest BCUT2D eigenvalue weighted by Gasteiger charge is 2.18. The molecule has 0 aliphatic rings. The summed E-state index contributed by atoms with van der Waals surface area (Å²) in [6.45, 7) is 0. The van der Waals surface area contributed by atoms with Crippen molar-refractivity contribution in [3.63, 3.8) is 0 Å². The minimum Gasteiger partial charge on any atom is -0.283 e. The molecule has 84 valence electrons. The predicted octanol–water partition coefficient (Wildman–Crippen LogP) is 1.17. The van der Waals surface area contributed by atoms with Crippen LogP contribution in [0.4, 0.5) is 5.69 Å². The second-order valence-corrected chi connectivity index (χ2v) is 5.42. The van der Waals surface area contributed by atoms with E-state index in [0.29, 0.717) is 0 Å². The Hall–Kier alpha value is -1.67. The lowest BCUT2D eigenvalue weighted by atomic mass is 10.4. The number of nitrogens with zero attached hydrogens (tertiary/aromatic N) is 3. The fourth-order valence-corrected chi connectivity index (χ4v) is 2.14. The van der Waals surface area contributed by atoms with Gasteiger partial charge in [-0.05, 0) is 6.07 Å². The van der Waals surface area contributed by atoms with E-state index in [4.69, 9.17) is 10.7 Å². The van der Waals surface area contributed by atoms with Crippen LogP contribution in [0.1, 0.15) is 0 Å². The molecule has 7 nitrogen and oxygen atoms in total. The molecular weight excluding hydrogens is 258 g/mol. The summed E-state index contributed by atoms with van der Waals surface area (Å²) in [5, 5.41) is 10.2. The van der Waals surface area contributed by atoms with E-state index in [2.05, 4.69) is 4.98 Å². The molecule has 0 spiro atoms. The van der Waals surface area contributed by atoms with Gasteiger partial charge in [-0.3, -0.25) is 14.5 Å². The van der Waals surface area contributed by atoms with E-state index in [9.17, 15) is 18.5 Å². The first kappa shape index (κ1) is 10.8. The normalized spacial score (nSPS) is 11.8. The molecule has 0 aliphatic heterocycles. The molecule has 9 heteroatoms. The van der Waals surface area contributed by atoms with Crippen LogP contribution in [0.3, 0.4) is 0 Å². The first-order valence-corrected chi connectivity index (χ1v) is 6.27. The highest BCUT2D eigenvalue weighted by atomic mass is 35.7. The number of hydrogen-bond donors (Lipinski definition) is 0. The third kappa shape index (κ3) is 1.72. The average molecular weight is 262 g/mol. The largest absolute Gasteiger partial charge is 0.286 e. The number of imidazole rings is 1. The quantitative estimate of drug-likeness (QED) is 0.459. The molecule has 0 fully saturated rings. The molecule has 2 heterocycles. The monoisotopic (exact) mass is 261 g/mol. The fraction of sp³-hybridized carbons (Fsp3) is 0. The summed E-state index contributed by atoms with van der Waals surface area (Å²) in [7, 11) is 1.17. The Morgan fingerprint density at radius 1 is 1.44 bits per heavy atom. The van der Waals surface area contributed by atoms with Crippen molar-refractivity contribution in [3.8, 4) is 0 Å². The zero-order valence-electron chi connectivity index (χ0n) is 7.57. The van der Waals surface area contributed by atoms with E-state index < -0.39 is 14.0 Å². The molecule has 0 saturated carbocycles. The average Bonchev–Trinajstić information content (AvgIpc) is 2.58. The smallest absolute Gasteiger partial charge is 0.283 e. The van der Waals surface area contributed by atoms with Crippen molar-refractivity contribution < 1.29 is 13.3 Å². The van der Waals surface area contributed by atoms with Gasteiger partial charge >= 0.3 is 0 Å². The van der Waals surface area contributed by atoms with Crippen molar-refractivity contribution in [2.75, 3.05) is 0 Å². The SMILES string of the molecule is O=[N+]([O-])c1ccc2ncc(S(=O)(=O)Cl)n2c1. The molecular formula is C7H4ClN3O4S. The minimum absolute atomic E-state index is 0.243. The van der Waals surface area contributed by atoms with Crippen molar-refractivity contribution in [1.29, 1.82) is 0 Å². The van der Waals surface area contributed by atoms with Gasteiger partial charge in [0.05, 0.1) is 17.3 Å². The number of hydrogen-bond acceptors (Lipinski definition) is 5. The number of pyridine rings is 1. The Kier molecular flexibility index (Phi) is 2.32. The lowest BCUT2D eigenvalue weighted by Crippen LogP contribution is -1.98. The van der Waals surface area contributed by atoms with Gasteiger partial charge in [-0.2, -0.15) is 0 Å². The number of nitro groups is 1. The molecule has 0 unspecified atom stereocenters. The van der Waals surface area contributed by atoms with Crippen molar-refractivity contribution >= 4 is 31.1 Å². The Balaban J connectivity index is 2.80. The van der Waals surface area contributed by atoms with Crippen LogP contribution in [0, 0.1) is 10.1 Å². The van der Waals surface area contributed by atoms with Crippen LogP contribution >= 0.6 is 10.7 Å². The molecule has 2 aromatic rings. The van der Waals surface area contributed by atoms with E-state index in [1.807, 2.05) is 0 Å². The molecule has 0 saturated heterocycles. The van der Waals surface area contributed by atoms with Crippen molar-refractivity contribution in [2.45, 2.75) is 5.03 Å². The summed E-state index contributed by atoms with van der Waals surface area (Å²) < 4.78 is 23.3. The Morgan fingerprint density at radius 2 is 2.12 bits per heavy atom. The van der Waals surface area contributed by atoms with Crippen LogP contribution in [0.5, 0.6) is 0 Å². The maximum atomic E-state index is 11.1. The third-order valence-electron chi connectivity index (χ3n) is 1.92. The van der Waals surface area contributed by atoms with E-state index in [1.54, 1.807) is 0 Å². The molecule has 0 atom stereocenters. The van der Waals surface area contributed by atoms with E-state index in [0.717, 1.165) is 16.8 Å². The number of halogens is 1. The summed E-state index contributed by atoms with van der Waals surface area (Å²) in [6, 6.07) is 2.57. The van der Waals surface area contributed by atoms with E-state index in [1.165, 1.54) is 12.1 Å². The second kappa shape index (κ2) is 3.42. The van der Waals surface area contributed by atoms with Crippen molar-refractivity contribution in [2.24, 2.45) is 0 Å². The molecule has 0 aliphatic carbocycles. The molecule has 0 aromatic carbocycles. The Labute approximate surface area is 93.9 Å². The summed E-state index contributed by atoms with van der Waals surface area (Å²) >= 11 is 0. The summed E-state index contributed by atoms with van der Waals surface area (Å²) in [4.78, 5) is 13.6. The first-order valence-electron chi connectivity index (χ1n) is 3.96. The van der Waals surface area contributed by atoms with Crippen LogP contribution < -0.4 is 0 Å². The lowest BCUT2D eigenvalue weighted by molar-refractivity contribution is -0.385. The summed E-state index contributed by atoms with van der Waals surface area (Å²) in [5.74, 6) is 0. The van der Waals surface area contributed by atoms with Gasteiger partial charge in [0.1, 0.15) is 5.65 Å². The van der Waals surface area contributed by atoms with Crippen LogP contribution in [-0.2, 0) is 9.05 Å². The Morgan fingerprint density at radius 3 is 2.69 bits per heavy atom. The van der Waals surface area contributed by atoms with Gasteiger partial charge in [-0.1, -0.05) is 0 Å². The second-order valence-electron chi connectivity index (χ2n) is 2.91. The highest BCUT2D eigenvalue weighted by Crippen LogP contribution is 2.20. The number of fused-ring (bicyclic) bond motifs is 1. The maximum absolute atomic E-state index is 11.1. The van der Waals surface area contributed by atoms with Gasteiger partial charge in [0.2, 0.25) is 0 Å². The van der Waals surface area contributed by atoms with E-state index >= 15 is 0 Å². The predicted molar refractivity (Wildman–Crippen MR) is 54.9 cm³/mol. The van der Waals surface area contributed by atoms with Crippen molar-refractivity contribution in [1.82, 2.24) is 9.38 Å². The highest BCUT2D eigenvalue weighted by molar-refractivity contribution is 8.13. The zero-order chi connectivity index (χ0) is 11.9. The molecule has 0 N–H and O–H groups in total. The molecule has 0 radical (unpaired) electrons.